The highest BCUT2D eigenvalue weighted by Crippen LogP contribution is 2.33. The van der Waals surface area contributed by atoms with Crippen LogP contribution in [0.4, 0.5) is 0 Å². The van der Waals surface area contributed by atoms with Crippen LogP contribution in [0.25, 0.3) is 0 Å². The highest BCUT2D eigenvalue weighted by Gasteiger charge is 2.22. The lowest BCUT2D eigenvalue weighted by molar-refractivity contribution is 0.350. The van der Waals surface area contributed by atoms with E-state index >= 15 is 0 Å². The predicted octanol–water partition coefficient (Wildman–Crippen LogP) is 3.06. The van der Waals surface area contributed by atoms with Crippen molar-refractivity contribution in [2.24, 2.45) is 5.41 Å². The summed E-state index contributed by atoms with van der Waals surface area (Å²) in [6, 6.07) is 1.86. The number of pyridine rings is 1. The van der Waals surface area contributed by atoms with Crippen molar-refractivity contribution in [2.75, 3.05) is 19.5 Å². The van der Waals surface area contributed by atoms with Gasteiger partial charge in [0.25, 0.3) is 0 Å². The van der Waals surface area contributed by atoms with Crippen LogP contribution in [0, 0.1) is 5.41 Å². The fraction of sp³-hybridized carbons (Fsp3) is 0.583. The number of aromatic nitrogens is 1. The molecule has 16 heavy (non-hydrogen) atoms. The fourth-order valence-electron chi connectivity index (χ4n) is 1.51. The zero-order chi connectivity index (χ0) is 12.2. The van der Waals surface area contributed by atoms with E-state index in [9.17, 15) is 0 Å². The maximum atomic E-state index is 5.34. The van der Waals surface area contributed by atoms with Gasteiger partial charge in [-0.2, -0.15) is 0 Å². The summed E-state index contributed by atoms with van der Waals surface area (Å²) in [5.74, 6) is 1.48. The van der Waals surface area contributed by atoms with E-state index < -0.39 is 0 Å². The number of halogens is 1. The van der Waals surface area contributed by atoms with E-state index in [4.69, 9.17) is 9.47 Å². The molecule has 0 bridgehead atoms. The SMILES string of the molecule is COc1ccnc(OC)c1CC(C)(C)CBr. The van der Waals surface area contributed by atoms with Crippen LogP contribution in [-0.4, -0.2) is 24.5 Å². The monoisotopic (exact) mass is 287 g/mol. The minimum Gasteiger partial charge on any atom is -0.496 e. The van der Waals surface area contributed by atoms with Gasteiger partial charge in [-0.05, 0) is 17.9 Å². The van der Waals surface area contributed by atoms with Crippen LogP contribution in [0.1, 0.15) is 19.4 Å². The minimum absolute atomic E-state index is 0.142. The Kier molecular flexibility index (Phi) is 4.59. The van der Waals surface area contributed by atoms with Crippen LogP contribution >= 0.6 is 15.9 Å². The van der Waals surface area contributed by atoms with Crippen molar-refractivity contribution in [1.82, 2.24) is 4.98 Å². The molecule has 4 heteroatoms. The summed E-state index contributed by atoms with van der Waals surface area (Å²) in [6.07, 6.45) is 2.56. The Hall–Kier alpha value is -0.770. The maximum absolute atomic E-state index is 5.34. The van der Waals surface area contributed by atoms with Gasteiger partial charge in [-0.1, -0.05) is 29.8 Å². The van der Waals surface area contributed by atoms with Gasteiger partial charge in [0.15, 0.2) is 0 Å². The molecule has 3 nitrogen and oxygen atoms in total. The summed E-state index contributed by atoms with van der Waals surface area (Å²) in [4.78, 5) is 4.21. The van der Waals surface area contributed by atoms with Crippen molar-refractivity contribution in [2.45, 2.75) is 20.3 Å². The lowest BCUT2D eigenvalue weighted by Crippen LogP contribution is -2.18. The van der Waals surface area contributed by atoms with Crippen LogP contribution in [0.2, 0.25) is 0 Å². The zero-order valence-electron chi connectivity index (χ0n) is 10.2. The quantitative estimate of drug-likeness (QED) is 0.780. The molecule has 0 amide bonds. The molecule has 0 aromatic carbocycles. The molecule has 0 N–H and O–H groups in total. The van der Waals surface area contributed by atoms with E-state index in [2.05, 4.69) is 34.8 Å². The highest BCUT2D eigenvalue weighted by atomic mass is 79.9. The number of hydrogen-bond acceptors (Lipinski definition) is 3. The van der Waals surface area contributed by atoms with Crippen molar-refractivity contribution in [3.63, 3.8) is 0 Å². The smallest absolute Gasteiger partial charge is 0.220 e. The van der Waals surface area contributed by atoms with Gasteiger partial charge in [0.1, 0.15) is 5.75 Å². The molecule has 1 rings (SSSR count). The van der Waals surface area contributed by atoms with E-state index in [1.807, 2.05) is 6.07 Å². The molecule has 0 aliphatic heterocycles. The number of hydrogen-bond donors (Lipinski definition) is 0. The molecule has 1 aromatic heterocycles. The standard InChI is InChI=1S/C12H18BrNO2/c1-12(2,8-13)7-9-10(15-3)5-6-14-11(9)16-4/h5-6H,7-8H2,1-4H3. The van der Waals surface area contributed by atoms with Gasteiger partial charge in [0.05, 0.1) is 19.8 Å². The first-order chi connectivity index (χ1) is 7.54. The second-order valence-electron chi connectivity index (χ2n) is 4.48. The number of methoxy groups -OCH3 is 2. The summed E-state index contributed by atoms with van der Waals surface area (Å²) >= 11 is 3.52. The lowest BCUT2D eigenvalue weighted by atomic mass is 9.88. The zero-order valence-corrected chi connectivity index (χ0v) is 11.8. The van der Waals surface area contributed by atoms with E-state index in [1.165, 1.54) is 0 Å². The van der Waals surface area contributed by atoms with Crippen molar-refractivity contribution >= 4 is 15.9 Å². The van der Waals surface area contributed by atoms with Crippen molar-refractivity contribution in [3.05, 3.63) is 17.8 Å². The topological polar surface area (TPSA) is 31.4 Å². The lowest BCUT2D eigenvalue weighted by Gasteiger charge is -2.23. The maximum Gasteiger partial charge on any atom is 0.220 e. The van der Waals surface area contributed by atoms with Gasteiger partial charge >= 0.3 is 0 Å². The molecule has 0 fully saturated rings. The fourth-order valence-corrected chi connectivity index (χ4v) is 1.71. The van der Waals surface area contributed by atoms with Gasteiger partial charge in [0.2, 0.25) is 5.88 Å². The normalized spacial score (nSPS) is 11.3. The molecule has 0 atom stereocenters. The van der Waals surface area contributed by atoms with E-state index in [-0.39, 0.29) is 5.41 Å². The Morgan fingerprint density at radius 1 is 1.31 bits per heavy atom. The molecular formula is C12H18BrNO2. The molecule has 0 spiro atoms. The van der Waals surface area contributed by atoms with Gasteiger partial charge in [0, 0.05) is 11.5 Å². The van der Waals surface area contributed by atoms with Gasteiger partial charge < -0.3 is 9.47 Å². The molecule has 0 saturated carbocycles. The van der Waals surface area contributed by atoms with Crippen LogP contribution in [-0.2, 0) is 6.42 Å². The van der Waals surface area contributed by atoms with Crippen molar-refractivity contribution in [3.8, 4) is 11.6 Å². The average molecular weight is 288 g/mol. The first-order valence-electron chi connectivity index (χ1n) is 5.16. The number of rotatable bonds is 5. The molecule has 0 aliphatic carbocycles. The molecule has 0 unspecified atom stereocenters. The molecule has 1 aromatic rings. The van der Waals surface area contributed by atoms with E-state index in [0.29, 0.717) is 5.88 Å². The van der Waals surface area contributed by atoms with Crippen LogP contribution in [0.3, 0.4) is 0 Å². The van der Waals surface area contributed by atoms with Crippen LogP contribution in [0.15, 0.2) is 12.3 Å². The molecule has 0 saturated heterocycles. The third-order valence-corrected chi connectivity index (χ3v) is 3.92. The molecule has 1 heterocycles. The highest BCUT2D eigenvalue weighted by molar-refractivity contribution is 9.09. The van der Waals surface area contributed by atoms with E-state index in [1.54, 1.807) is 20.4 Å². The summed E-state index contributed by atoms with van der Waals surface area (Å²) in [5, 5.41) is 0.918. The van der Waals surface area contributed by atoms with E-state index in [0.717, 1.165) is 23.1 Å². The van der Waals surface area contributed by atoms with Gasteiger partial charge in [-0.3, -0.25) is 0 Å². The molecule has 90 valence electrons. The minimum atomic E-state index is 0.142. The second kappa shape index (κ2) is 5.53. The van der Waals surface area contributed by atoms with Crippen LogP contribution < -0.4 is 9.47 Å². The molecular weight excluding hydrogens is 270 g/mol. The summed E-state index contributed by atoms with van der Waals surface area (Å²) in [6.45, 7) is 4.38. The summed E-state index contributed by atoms with van der Waals surface area (Å²) in [7, 11) is 3.30. The Morgan fingerprint density at radius 3 is 2.50 bits per heavy atom. The number of ether oxygens (including phenoxy) is 2. The van der Waals surface area contributed by atoms with Gasteiger partial charge in [-0.25, -0.2) is 4.98 Å². The van der Waals surface area contributed by atoms with Gasteiger partial charge in [-0.15, -0.1) is 0 Å². The molecule has 0 aliphatic rings. The van der Waals surface area contributed by atoms with Crippen molar-refractivity contribution < 1.29 is 9.47 Å². The van der Waals surface area contributed by atoms with Crippen LogP contribution in [0.5, 0.6) is 11.6 Å². The first kappa shape index (κ1) is 13.3. The summed E-state index contributed by atoms with van der Waals surface area (Å²) in [5.41, 5.74) is 1.17. The number of alkyl halides is 1. The Bertz CT molecular complexity index is 331. The Morgan fingerprint density at radius 2 is 2.00 bits per heavy atom. The average Bonchev–Trinajstić information content (AvgIpc) is 2.29. The first-order valence-corrected chi connectivity index (χ1v) is 6.28. The predicted molar refractivity (Wildman–Crippen MR) is 68.6 cm³/mol. The Balaban J connectivity index is 3.09. The number of nitrogens with zero attached hydrogens (tertiary/aromatic N) is 1. The largest absolute Gasteiger partial charge is 0.496 e. The second-order valence-corrected chi connectivity index (χ2v) is 5.04. The Labute approximate surface area is 105 Å². The third-order valence-electron chi connectivity index (χ3n) is 2.40. The van der Waals surface area contributed by atoms with Crippen molar-refractivity contribution in [1.29, 1.82) is 0 Å². The third kappa shape index (κ3) is 3.11. The molecule has 0 radical (unpaired) electrons. The summed E-state index contributed by atoms with van der Waals surface area (Å²) < 4.78 is 10.6.